The first kappa shape index (κ1) is 23.6. The van der Waals surface area contributed by atoms with Crippen LogP contribution in [0, 0.1) is 0 Å². The monoisotopic (exact) mass is 445 g/mol. The van der Waals surface area contributed by atoms with Crippen LogP contribution in [-0.4, -0.2) is 66.9 Å². The number of piperazine rings is 1. The van der Waals surface area contributed by atoms with E-state index in [1.807, 2.05) is 20.8 Å². The van der Waals surface area contributed by atoms with Crippen LogP contribution < -0.4 is 5.32 Å². The molecule has 2 amide bonds. The van der Waals surface area contributed by atoms with Crippen molar-refractivity contribution in [3.63, 3.8) is 0 Å². The summed E-state index contributed by atoms with van der Waals surface area (Å²) in [6, 6.07) is 5.09. The van der Waals surface area contributed by atoms with Crippen LogP contribution in [-0.2, 0) is 16.1 Å². The molecule has 9 heteroatoms. The number of nitrogens with zero attached hydrogens (tertiary/aromatic N) is 2. The standard InChI is InChI=1S/C20H29Cl2N3O4/c1-20(2,3)29-18(26)23-5-4-6-24-7-9-25(10-8-24)19(27)28-14-15-11-16(21)13-17(22)12-15/h11-13H,4-10,14H2,1-3H3,(H,23,26). The number of halogens is 2. The van der Waals surface area contributed by atoms with E-state index in [9.17, 15) is 9.59 Å². The summed E-state index contributed by atoms with van der Waals surface area (Å²) < 4.78 is 10.6. The summed E-state index contributed by atoms with van der Waals surface area (Å²) in [4.78, 5) is 27.8. The lowest BCUT2D eigenvalue weighted by atomic mass is 10.2. The average Bonchev–Trinajstić information content (AvgIpc) is 2.61. The fraction of sp³-hybridized carbons (Fsp3) is 0.600. The number of ether oxygens (including phenoxy) is 2. The summed E-state index contributed by atoms with van der Waals surface area (Å²) in [5.74, 6) is 0. The van der Waals surface area contributed by atoms with Gasteiger partial charge in [-0.2, -0.15) is 0 Å². The highest BCUT2D eigenvalue weighted by Crippen LogP contribution is 2.20. The highest BCUT2D eigenvalue weighted by molar-refractivity contribution is 6.34. The molecule has 1 aromatic rings. The largest absolute Gasteiger partial charge is 0.445 e. The number of nitrogens with one attached hydrogen (secondary N) is 1. The van der Waals surface area contributed by atoms with Crippen molar-refractivity contribution in [1.29, 1.82) is 0 Å². The van der Waals surface area contributed by atoms with Crippen LogP contribution in [0.2, 0.25) is 10.0 Å². The number of amides is 2. The van der Waals surface area contributed by atoms with E-state index in [1.54, 1.807) is 23.1 Å². The Morgan fingerprint density at radius 3 is 2.28 bits per heavy atom. The summed E-state index contributed by atoms with van der Waals surface area (Å²) in [5.41, 5.74) is 0.264. The Kier molecular flexibility index (Phi) is 8.86. The quantitative estimate of drug-likeness (QED) is 0.665. The van der Waals surface area contributed by atoms with Crippen molar-refractivity contribution in [3.05, 3.63) is 33.8 Å². The first-order chi connectivity index (χ1) is 13.6. The Morgan fingerprint density at radius 1 is 1.07 bits per heavy atom. The second-order valence-corrected chi connectivity index (χ2v) is 8.82. The minimum Gasteiger partial charge on any atom is -0.445 e. The zero-order valence-corrected chi connectivity index (χ0v) is 18.7. The minimum absolute atomic E-state index is 0.135. The van der Waals surface area contributed by atoms with Crippen molar-refractivity contribution in [2.75, 3.05) is 39.3 Å². The number of carbonyl (C=O) groups is 2. The van der Waals surface area contributed by atoms with Crippen LogP contribution >= 0.6 is 23.2 Å². The fourth-order valence-corrected chi connectivity index (χ4v) is 3.46. The number of alkyl carbamates (subject to hydrolysis) is 1. The van der Waals surface area contributed by atoms with E-state index < -0.39 is 11.7 Å². The van der Waals surface area contributed by atoms with Gasteiger partial charge in [-0.1, -0.05) is 23.2 Å². The molecule has 1 aliphatic rings. The molecule has 0 unspecified atom stereocenters. The lowest BCUT2D eigenvalue weighted by Gasteiger charge is -2.34. The topological polar surface area (TPSA) is 71.1 Å². The van der Waals surface area contributed by atoms with Gasteiger partial charge in [-0.3, -0.25) is 4.90 Å². The number of hydrogen-bond acceptors (Lipinski definition) is 5. The molecule has 0 bridgehead atoms. The van der Waals surface area contributed by atoms with Gasteiger partial charge in [-0.05, 0) is 57.5 Å². The second-order valence-electron chi connectivity index (χ2n) is 7.94. The second kappa shape index (κ2) is 10.9. The summed E-state index contributed by atoms with van der Waals surface area (Å²) in [6.07, 6.45) is 0.0811. The highest BCUT2D eigenvalue weighted by atomic mass is 35.5. The van der Waals surface area contributed by atoms with Crippen LogP contribution in [0.4, 0.5) is 9.59 Å². The molecule has 1 aromatic carbocycles. The van der Waals surface area contributed by atoms with Crippen molar-refractivity contribution in [3.8, 4) is 0 Å². The molecule has 1 heterocycles. The van der Waals surface area contributed by atoms with Crippen LogP contribution in [0.1, 0.15) is 32.8 Å². The zero-order chi connectivity index (χ0) is 21.4. The van der Waals surface area contributed by atoms with Crippen molar-refractivity contribution in [2.24, 2.45) is 0 Å². The van der Waals surface area contributed by atoms with Gasteiger partial charge in [0.2, 0.25) is 0 Å². The molecule has 0 spiro atoms. The molecule has 162 valence electrons. The van der Waals surface area contributed by atoms with Crippen molar-refractivity contribution in [1.82, 2.24) is 15.1 Å². The van der Waals surface area contributed by atoms with Gasteiger partial charge in [0.15, 0.2) is 0 Å². The van der Waals surface area contributed by atoms with E-state index in [2.05, 4.69) is 10.2 Å². The average molecular weight is 446 g/mol. The lowest BCUT2D eigenvalue weighted by molar-refractivity contribution is 0.0519. The molecule has 1 N–H and O–H groups in total. The number of hydrogen-bond donors (Lipinski definition) is 1. The maximum Gasteiger partial charge on any atom is 0.410 e. The van der Waals surface area contributed by atoms with E-state index in [-0.39, 0.29) is 12.7 Å². The first-order valence-electron chi connectivity index (χ1n) is 9.68. The molecule has 0 aliphatic carbocycles. The molecule has 0 saturated carbocycles. The maximum atomic E-state index is 12.3. The minimum atomic E-state index is -0.492. The van der Waals surface area contributed by atoms with Gasteiger partial charge in [-0.15, -0.1) is 0 Å². The van der Waals surface area contributed by atoms with E-state index >= 15 is 0 Å². The molecule has 7 nitrogen and oxygen atoms in total. The first-order valence-corrected chi connectivity index (χ1v) is 10.4. The number of carbonyl (C=O) groups excluding carboxylic acids is 2. The van der Waals surface area contributed by atoms with Crippen LogP contribution in [0.15, 0.2) is 18.2 Å². The lowest BCUT2D eigenvalue weighted by Crippen LogP contribution is -2.49. The Hall–Kier alpha value is -1.70. The molecule has 0 atom stereocenters. The van der Waals surface area contributed by atoms with E-state index in [4.69, 9.17) is 32.7 Å². The SMILES string of the molecule is CC(C)(C)OC(=O)NCCCN1CCN(C(=O)OCc2cc(Cl)cc(Cl)c2)CC1. The van der Waals surface area contributed by atoms with E-state index in [0.717, 1.165) is 31.6 Å². The van der Waals surface area contributed by atoms with Crippen LogP contribution in [0.25, 0.3) is 0 Å². The Morgan fingerprint density at radius 2 is 1.69 bits per heavy atom. The van der Waals surface area contributed by atoms with E-state index in [0.29, 0.717) is 29.7 Å². The molecule has 1 fully saturated rings. The molecule has 0 radical (unpaired) electrons. The summed E-state index contributed by atoms with van der Waals surface area (Å²) in [6.45, 7) is 9.79. The third-order valence-electron chi connectivity index (χ3n) is 4.23. The van der Waals surface area contributed by atoms with Crippen molar-refractivity contribution < 1.29 is 19.1 Å². The zero-order valence-electron chi connectivity index (χ0n) is 17.2. The Bertz CT molecular complexity index is 681. The molecule has 1 saturated heterocycles. The highest BCUT2D eigenvalue weighted by Gasteiger charge is 2.22. The van der Waals surface area contributed by atoms with E-state index in [1.165, 1.54) is 0 Å². The van der Waals surface area contributed by atoms with Gasteiger partial charge in [0.05, 0.1) is 0 Å². The third-order valence-corrected chi connectivity index (χ3v) is 4.67. The molecule has 29 heavy (non-hydrogen) atoms. The van der Waals surface area contributed by atoms with Crippen LogP contribution in [0.3, 0.4) is 0 Å². The maximum absolute atomic E-state index is 12.3. The van der Waals surface area contributed by atoms with Gasteiger partial charge in [0.1, 0.15) is 12.2 Å². The molecule has 1 aliphatic heterocycles. The van der Waals surface area contributed by atoms with Crippen molar-refractivity contribution >= 4 is 35.4 Å². The van der Waals surface area contributed by atoms with Crippen LogP contribution in [0.5, 0.6) is 0 Å². The number of benzene rings is 1. The van der Waals surface area contributed by atoms with Gasteiger partial charge >= 0.3 is 12.2 Å². The Labute approximate surface area is 182 Å². The van der Waals surface area contributed by atoms with Crippen molar-refractivity contribution in [2.45, 2.75) is 39.4 Å². The fourth-order valence-electron chi connectivity index (χ4n) is 2.89. The molecular weight excluding hydrogens is 417 g/mol. The predicted molar refractivity (Wildman–Crippen MR) is 114 cm³/mol. The van der Waals surface area contributed by atoms with Gasteiger partial charge < -0.3 is 19.7 Å². The van der Waals surface area contributed by atoms with Gasteiger partial charge in [0.25, 0.3) is 0 Å². The predicted octanol–water partition coefficient (Wildman–Crippen LogP) is 4.16. The summed E-state index contributed by atoms with van der Waals surface area (Å²) >= 11 is 11.9. The third kappa shape index (κ3) is 9.10. The summed E-state index contributed by atoms with van der Waals surface area (Å²) in [5, 5.41) is 3.78. The Balaban J connectivity index is 1.62. The molecule has 2 rings (SSSR count). The van der Waals surface area contributed by atoms with Gasteiger partial charge in [0, 0.05) is 42.8 Å². The van der Waals surface area contributed by atoms with Gasteiger partial charge in [-0.25, -0.2) is 9.59 Å². The smallest absolute Gasteiger partial charge is 0.410 e. The number of rotatable bonds is 6. The summed E-state index contributed by atoms with van der Waals surface area (Å²) in [7, 11) is 0. The molecular formula is C20H29Cl2N3O4. The molecule has 0 aromatic heterocycles. The normalized spacial score (nSPS) is 15.1.